The van der Waals surface area contributed by atoms with E-state index in [1.807, 2.05) is 30.4 Å². The second-order valence-corrected chi connectivity index (χ2v) is 6.09. The van der Waals surface area contributed by atoms with Gasteiger partial charge in [-0.05, 0) is 51.5 Å². The van der Waals surface area contributed by atoms with Gasteiger partial charge in [-0.25, -0.2) is 4.98 Å². The molecule has 2 rings (SSSR count). The van der Waals surface area contributed by atoms with Crippen LogP contribution in [0.1, 0.15) is 34.0 Å². The Hall–Kier alpha value is -1.55. The van der Waals surface area contributed by atoms with E-state index >= 15 is 0 Å². The van der Waals surface area contributed by atoms with Crippen LogP contribution in [0.3, 0.4) is 0 Å². The first-order valence-electron chi connectivity index (χ1n) is 6.04. The summed E-state index contributed by atoms with van der Waals surface area (Å²) in [6.07, 6.45) is 0. The van der Waals surface area contributed by atoms with E-state index in [2.05, 4.69) is 37.1 Å². The SMILES string of the molecule is Cc1ccc(N)c(NC(C)c2cc(C)sc2C)n1. The third-order valence-corrected chi connectivity index (χ3v) is 3.95. The lowest BCUT2D eigenvalue weighted by Gasteiger charge is -2.16. The van der Waals surface area contributed by atoms with E-state index in [0.717, 1.165) is 11.5 Å². The minimum atomic E-state index is 0.214. The largest absolute Gasteiger partial charge is 0.396 e. The summed E-state index contributed by atoms with van der Waals surface area (Å²) in [5.74, 6) is 0.769. The molecule has 0 aliphatic carbocycles. The summed E-state index contributed by atoms with van der Waals surface area (Å²) in [7, 11) is 0. The van der Waals surface area contributed by atoms with Crippen LogP contribution < -0.4 is 11.1 Å². The van der Waals surface area contributed by atoms with Crippen LogP contribution in [-0.4, -0.2) is 4.98 Å². The fourth-order valence-corrected chi connectivity index (χ4v) is 3.07. The maximum atomic E-state index is 5.94. The molecular formula is C14H19N3S. The smallest absolute Gasteiger partial charge is 0.149 e. The van der Waals surface area contributed by atoms with Gasteiger partial charge in [0, 0.05) is 15.4 Å². The predicted molar refractivity (Wildman–Crippen MR) is 79.2 cm³/mol. The Morgan fingerprint density at radius 2 is 2.00 bits per heavy atom. The van der Waals surface area contributed by atoms with Crippen molar-refractivity contribution < 1.29 is 0 Å². The molecule has 2 aromatic heterocycles. The molecule has 0 amide bonds. The zero-order valence-corrected chi connectivity index (χ0v) is 12.1. The topological polar surface area (TPSA) is 50.9 Å². The number of nitrogens with zero attached hydrogens (tertiary/aromatic N) is 1. The van der Waals surface area contributed by atoms with Gasteiger partial charge < -0.3 is 11.1 Å². The first-order valence-corrected chi connectivity index (χ1v) is 6.85. The number of rotatable bonds is 3. The molecule has 18 heavy (non-hydrogen) atoms. The number of nitrogen functional groups attached to an aromatic ring is 1. The van der Waals surface area contributed by atoms with Crippen LogP contribution in [0, 0.1) is 20.8 Å². The summed E-state index contributed by atoms with van der Waals surface area (Å²) in [5.41, 5.74) is 8.92. The van der Waals surface area contributed by atoms with Gasteiger partial charge in [-0.1, -0.05) is 0 Å². The first-order chi connectivity index (χ1) is 8.47. The Morgan fingerprint density at radius 1 is 1.28 bits per heavy atom. The minimum absolute atomic E-state index is 0.214. The number of aryl methyl sites for hydroxylation is 3. The second-order valence-electron chi connectivity index (χ2n) is 4.63. The Bertz CT molecular complexity index is 560. The Kier molecular flexibility index (Phi) is 3.57. The van der Waals surface area contributed by atoms with E-state index in [1.54, 1.807) is 0 Å². The molecule has 0 saturated carbocycles. The maximum Gasteiger partial charge on any atom is 0.149 e. The van der Waals surface area contributed by atoms with Crippen molar-refractivity contribution in [2.45, 2.75) is 33.7 Å². The fraction of sp³-hybridized carbons (Fsp3) is 0.357. The van der Waals surface area contributed by atoms with Gasteiger partial charge in [0.15, 0.2) is 0 Å². The van der Waals surface area contributed by atoms with Crippen LogP contribution in [0.5, 0.6) is 0 Å². The van der Waals surface area contributed by atoms with Crippen molar-refractivity contribution >= 4 is 22.8 Å². The summed E-state index contributed by atoms with van der Waals surface area (Å²) >= 11 is 1.82. The zero-order chi connectivity index (χ0) is 13.3. The van der Waals surface area contributed by atoms with Crippen molar-refractivity contribution in [2.75, 3.05) is 11.1 Å². The Labute approximate surface area is 112 Å². The number of aromatic nitrogens is 1. The van der Waals surface area contributed by atoms with E-state index in [4.69, 9.17) is 5.73 Å². The van der Waals surface area contributed by atoms with Gasteiger partial charge in [-0.2, -0.15) is 0 Å². The van der Waals surface area contributed by atoms with Crippen molar-refractivity contribution in [3.8, 4) is 0 Å². The molecule has 2 heterocycles. The Balaban J connectivity index is 2.23. The summed E-state index contributed by atoms with van der Waals surface area (Å²) in [6, 6.07) is 6.25. The van der Waals surface area contributed by atoms with E-state index in [-0.39, 0.29) is 6.04 Å². The van der Waals surface area contributed by atoms with Crippen molar-refractivity contribution in [1.29, 1.82) is 0 Å². The quantitative estimate of drug-likeness (QED) is 0.883. The fourth-order valence-electron chi connectivity index (χ4n) is 2.05. The first kappa shape index (κ1) is 12.9. The molecule has 0 aliphatic heterocycles. The average molecular weight is 261 g/mol. The van der Waals surface area contributed by atoms with E-state index in [1.165, 1.54) is 15.3 Å². The summed E-state index contributed by atoms with van der Waals surface area (Å²) in [5, 5.41) is 3.39. The minimum Gasteiger partial charge on any atom is -0.396 e. The number of pyridine rings is 1. The van der Waals surface area contributed by atoms with E-state index in [0.29, 0.717) is 5.69 Å². The van der Waals surface area contributed by atoms with Gasteiger partial charge in [0.2, 0.25) is 0 Å². The molecule has 0 spiro atoms. The summed E-state index contributed by atoms with van der Waals surface area (Å²) in [4.78, 5) is 7.12. The monoisotopic (exact) mass is 261 g/mol. The van der Waals surface area contributed by atoms with Crippen LogP contribution in [0.4, 0.5) is 11.5 Å². The van der Waals surface area contributed by atoms with Crippen LogP contribution in [-0.2, 0) is 0 Å². The number of nitrogens with two attached hydrogens (primary N) is 1. The number of hydrogen-bond acceptors (Lipinski definition) is 4. The van der Waals surface area contributed by atoms with Gasteiger partial charge in [0.25, 0.3) is 0 Å². The van der Waals surface area contributed by atoms with Crippen LogP contribution >= 0.6 is 11.3 Å². The lowest BCUT2D eigenvalue weighted by molar-refractivity contribution is 0.870. The molecule has 1 unspecified atom stereocenters. The van der Waals surface area contributed by atoms with Gasteiger partial charge in [0.05, 0.1) is 11.7 Å². The highest BCUT2D eigenvalue weighted by atomic mass is 32.1. The molecule has 3 nitrogen and oxygen atoms in total. The molecule has 0 aromatic carbocycles. The van der Waals surface area contributed by atoms with Gasteiger partial charge >= 0.3 is 0 Å². The van der Waals surface area contributed by atoms with Crippen LogP contribution in [0.15, 0.2) is 18.2 Å². The highest BCUT2D eigenvalue weighted by Gasteiger charge is 2.12. The molecule has 0 aliphatic rings. The number of thiophene rings is 1. The summed E-state index contributed by atoms with van der Waals surface area (Å²) < 4.78 is 0. The molecule has 0 fully saturated rings. The molecule has 4 heteroatoms. The molecule has 2 aromatic rings. The van der Waals surface area contributed by atoms with Gasteiger partial charge in [-0.15, -0.1) is 11.3 Å². The maximum absolute atomic E-state index is 5.94. The van der Waals surface area contributed by atoms with Crippen molar-refractivity contribution in [3.63, 3.8) is 0 Å². The Morgan fingerprint density at radius 3 is 2.61 bits per heavy atom. The zero-order valence-electron chi connectivity index (χ0n) is 11.2. The predicted octanol–water partition coefficient (Wildman–Crippen LogP) is 3.82. The molecule has 1 atom stereocenters. The highest BCUT2D eigenvalue weighted by molar-refractivity contribution is 7.12. The standard InChI is InChI=1S/C14H19N3S/c1-8-5-6-13(15)14(16-8)17-10(3)12-7-9(2)18-11(12)4/h5-7,10H,15H2,1-4H3,(H,16,17). The highest BCUT2D eigenvalue weighted by Crippen LogP contribution is 2.29. The normalized spacial score (nSPS) is 12.4. The number of anilines is 2. The third-order valence-electron chi connectivity index (χ3n) is 2.96. The average Bonchev–Trinajstić information content (AvgIpc) is 2.63. The van der Waals surface area contributed by atoms with Crippen LogP contribution in [0.25, 0.3) is 0 Å². The second kappa shape index (κ2) is 4.98. The molecule has 96 valence electrons. The van der Waals surface area contributed by atoms with Gasteiger partial charge in [0.1, 0.15) is 5.82 Å². The van der Waals surface area contributed by atoms with Crippen LogP contribution in [0.2, 0.25) is 0 Å². The molecule has 3 N–H and O–H groups in total. The third kappa shape index (κ3) is 2.64. The van der Waals surface area contributed by atoms with Crippen molar-refractivity contribution in [1.82, 2.24) is 4.98 Å². The molecular weight excluding hydrogens is 242 g/mol. The molecule has 0 saturated heterocycles. The molecule has 0 radical (unpaired) electrons. The van der Waals surface area contributed by atoms with E-state index in [9.17, 15) is 0 Å². The van der Waals surface area contributed by atoms with Crippen molar-refractivity contribution in [3.05, 3.63) is 39.2 Å². The van der Waals surface area contributed by atoms with Gasteiger partial charge in [-0.3, -0.25) is 0 Å². The lowest BCUT2D eigenvalue weighted by atomic mass is 10.1. The van der Waals surface area contributed by atoms with Crippen molar-refractivity contribution in [2.24, 2.45) is 0 Å². The lowest BCUT2D eigenvalue weighted by Crippen LogP contribution is -2.10. The van der Waals surface area contributed by atoms with E-state index < -0.39 is 0 Å². The summed E-state index contributed by atoms with van der Waals surface area (Å²) in [6.45, 7) is 8.39. The number of hydrogen-bond donors (Lipinski definition) is 2. The molecule has 0 bridgehead atoms. The number of nitrogens with one attached hydrogen (secondary N) is 1.